The third kappa shape index (κ3) is 4.69. The van der Waals surface area contributed by atoms with Crippen LogP contribution in [0.3, 0.4) is 0 Å². The molecule has 2 aromatic carbocycles. The predicted molar refractivity (Wildman–Crippen MR) is 134 cm³/mol. The molecule has 0 unspecified atom stereocenters. The highest BCUT2D eigenvalue weighted by Gasteiger charge is 2.35. The SMILES string of the molecule is CS(=O)(=O)c1cccc(-c2ccc(-c3cc(C(F)(F)F)nn3-c3ccccc3-c3cccnc3)s2)c1. The maximum Gasteiger partial charge on any atom is 0.435 e. The van der Waals surface area contributed by atoms with Crippen molar-refractivity contribution in [3.05, 3.63) is 97.0 Å². The summed E-state index contributed by atoms with van der Waals surface area (Å²) >= 11 is 1.26. The van der Waals surface area contributed by atoms with E-state index in [1.54, 1.807) is 67.0 Å². The number of aromatic nitrogens is 3. The zero-order chi connectivity index (χ0) is 25.5. The summed E-state index contributed by atoms with van der Waals surface area (Å²) in [5, 5.41) is 3.94. The number of alkyl halides is 3. The number of rotatable bonds is 5. The van der Waals surface area contributed by atoms with Crippen LogP contribution >= 0.6 is 11.3 Å². The van der Waals surface area contributed by atoms with Crippen molar-refractivity contribution in [3.8, 4) is 37.8 Å². The number of nitrogens with zero attached hydrogens (tertiary/aromatic N) is 3. The monoisotopic (exact) mass is 525 g/mol. The van der Waals surface area contributed by atoms with Crippen LogP contribution in [0.1, 0.15) is 5.69 Å². The highest BCUT2D eigenvalue weighted by molar-refractivity contribution is 7.90. The molecule has 0 radical (unpaired) electrons. The molecule has 5 nitrogen and oxygen atoms in total. The van der Waals surface area contributed by atoms with E-state index in [9.17, 15) is 21.6 Å². The van der Waals surface area contributed by atoms with Crippen LogP contribution in [0, 0.1) is 0 Å². The minimum absolute atomic E-state index is 0.171. The van der Waals surface area contributed by atoms with Gasteiger partial charge in [0.05, 0.1) is 21.2 Å². The van der Waals surface area contributed by atoms with Gasteiger partial charge in [-0.25, -0.2) is 13.1 Å². The lowest BCUT2D eigenvalue weighted by Gasteiger charge is -2.12. The average Bonchev–Trinajstić information content (AvgIpc) is 3.52. The minimum Gasteiger partial charge on any atom is -0.264 e. The maximum atomic E-state index is 13.7. The molecule has 3 heterocycles. The second-order valence-electron chi connectivity index (χ2n) is 8.05. The number of thiophene rings is 1. The van der Waals surface area contributed by atoms with Gasteiger partial charge in [0, 0.05) is 34.7 Å². The van der Waals surface area contributed by atoms with Gasteiger partial charge >= 0.3 is 6.18 Å². The first-order valence-electron chi connectivity index (χ1n) is 10.7. The molecule has 0 atom stereocenters. The Hall–Kier alpha value is -3.76. The number of hydrogen-bond acceptors (Lipinski definition) is 5. The molecule has 3 aromatic heterocycles. The molecule has 0 saturated carbocycles. The summed E-state index contributed by atoms with van der Waals surface area (Å²) in [6.07, 6.45) is -0.236. The van der Waals surface area contributed by atoms with E-state index in [0.717, 1.165) is 22.8 Å². The normalized spacial score (nSPS) is 12.1. The van der Waals surface area contributed by atoms with E-state index in [4.69, 9.17) is 0 Å². The van der Waals surface area contributed by atoms with Crippen LogP contribution in [0.5, 0.6) is 0 Å². The predicted octanol–water partition coefficient (Wildman–Crippen LogP) is 6.75. The molecule has 36 heavy (non-hydrogen) atoms. The van der Waals surface area contributed by atoms with Crippen molar-refractivity contribution in [1.29, 1.82) is 0 Å². The number of pyridine rings is 1. The lowest BCUT2D eigenvalue weighted by atomic mass is 10.1. The molecule has 0 aliphatic rings. The summed E-state index contributed by atoms with van der Waals surface area (Å²) in [5.41, 5.74) is 1.83. The Morgan fingerprint density at radius 1 is 0.861 bits per heavy atom. The standard InChI is InChI=1S/C26H18F3N3O2S2/c1-36(33,34)19-8-4-6-17(14-19)23-11-12-24(35-23)22-15-25(26(27,28)29)31-32(22)21-10-3-2-9-20(21)18-7-5-13-30-16-18/h2-16H,1H3. The fourth-order valence-electron chi connectivity index (χ4n) is 3.81. The number of halogens is 3. The minimum atomic E-state index is -4.63. The molecule has 0 amide bonds. The number of benzene rings is 2. The van der Waals surface area contributed by atoms with Crippen molar-refractivity contribution < 1.29 is 21.6 Å². The van der Waals surface area contributed by atoms with E-state index in [2.05, 4.69) is 10.1 Å². The molecule has 182 valence electrons. The summed E-state index contributed by atoms with van der Waals surface area (Å²) in [6, 6.07) is 21.6. The third-order valence-electron chi connectivity index (χ3n) is 5.51. The molecule has 0 aliphatic heterocycles. The van der Waals surface area contributed by atoms with E-state index < -0.39 is 21.7 Å². The fourth-order valence-corrected chi connectivity index (χ4v) is 5.48. The van der Waals surface area contributed by atoms with Crippen molar-refractivity contribution in [2.75, 3.05) is 6.26 Å². The van der Waals surface area contributed by atoms with Crippen molar-refractivity contribution in [1.82, 2.24) is 14.8 Å². The molecule has 10 heteroatoms. The first kappa shape index (κ1) is 24.0. The van der Waals surface area contributed by atoms with E-state index >= 15 is 0 Å². The summed E-state index contributed by atoms with van der Waals surface area (Å²) in [7, 11) is -3.41. The number of sulfone groups is 1. The summed E-state index contributed by atoms with van der Waals surface area (Å²) < 4.78 is 66.4. The van der Waals surface area contributed by atoms with E-state index in [1.165, 1.54) is 22.1 Å². The van der Waals surface area contributed by atoms with Crippen LogP contribution in [0.15, 0.2) is 96.2 Å². The van der Waals surface area contributed by atoms with Gasteiger partial charge in [-0.05, 0) is 48.0 Å². The Balaban J connectivity index is 1.66. The topological polar surface area (TPSA) is 64.8 Å². The van der Waals surface area contributed by atoms with Crippen LogP contribution < -0.4 is 0 Å². The van der Waals surface area contributed by atoms with Crippen molar-refractivity contribution in [3.63, 3.8) is 0 Å². The van der Waals surface area contributed by atoms with Crippen molar-refractivity contribution in [2.24, 2.45) is 0 Å². The van der Waals surface area contributed by atoms with E-state index in [1.807, 2.05) is 12.1 Å². The van der Waals surface area contributed by atoms with Crippen LogP contribution in [0.25, 0.3) is 37.8 Å². The van der Waals surface area contributed by atoms with Crippen LogP contribution in [0.4, 0.5) is 13.2 Å². The van der Waals surface area contributed by atoms with Gasteiger partial charge in [-0.15, -0.1) is 11.3 Å². The van der Waals surface area contributed by atoms with Crippen molar-refractivity contribution >= 4 is 21.2 Å². The second kappa shape index (κ2) is 9.03. The summed E-state index contributed by atoms with van der Waals surface area (Å²) in [5.74, 6) is 0. The molecular formula is C26H18F3N3O2S2. The lowest BCUT2D eigenvalue weighted by Crippen LogP contribution is -2.08. The molecular weight excluding hydrogens is 507 g/mol. The van der Waals surface area contributed by atoms with Crippen LogP contribution in [-0.2, 0) is 16.0 Å². The number of para-hydroxylation sites is 1. The van der Waals surface area contributed by atoms with Gasteiger partial charge < -0.3 is 0 Å². The Morgan fingerprint density at radius 2 is 1.61 bits per heavy atom. The molecule has 0 saturated heterocycles. The molecule has 0 spiro atoms. The van der Waals surface area contributed by atoms with Crippen LogP contribution in [0.2, 0.25) is 0 Å². The smallest absolute Gasteiger partial charge is 0.264 e. The third-order valence-corrected chi connectivity index (χ3v) is 7.78. The Kier molecular flexibility index (Phi) is 6.01. The van der Waals surface area contributed by atoms with E-state index in [0.29, 0.717) is 21.7 Å². The fraction of sp³-hybridized carbons (Fsp3) is 0.0769. The first-order valence-corrected chi connectivity index (χ1v) is 13.4. The highest BCUT2D eigenvalue weighted by atomic mass is 32.2. The molecule has 0 bridgehead atoms. The Labute approximate surface area is 209 Å². The quantitative estimate of drug-likeness (QED) is 0.255. The molecule has 0 aliphatic carbocycles. The molecule has 0 N–H and O–H groups in total. The van der Waals surface area contributed by atoms with Crippen molar-refractivity contribution in [2.45, 2.75) is 11.1 Å². The van der Waals surface area contributed by atoms with Gasteiger partial charge in [0.15, 0.2) is 15.5 Å². The van der Waals surface area contributed by atoms with Gasteiger partial charge in [0.25, 0.3) is 0 Å². The molecule has 5 aromatic rings. The van der Waals surface area contributed by atoms with Gasteiger partial charge in [0.2, 0.25) is 0 Å². The maximum absolute atomic E-state index is 13.7. The van der Waals surface area contributed by atoms with Gasteiger partial charge in [-0.3, -0.25) is 4.98 Å². The van der Waals surface area contributed by atoms with Gasteiger partial charge in [0.1, 0.15) is 0 Å². The zero-order valence-corrected chi connectivity index (χ0v) is 20.4. The summed E-state index contributed by atoms with van der Waals surface area (Å²) in [6.45, 7) is 0. The summed E-state index contributed by atoms with van der Waals surface area (Å²) in [4.78, 5) is 5.58. The molecule has 5 rings (SSSR count). The zero-order valence-electron chi connectivity index (χ0n) is 18.8. The van der Waals surface area contributed by atoms with Gasteiger partial charge in [-0.1, -0.05) is 36.4 Å². The lowest BCUT2D eigenvalue weighted by molar-refractivity contribution is -0.141. The van der Waals surface area contributed by atoms with E-state index in [-0.39, 0.29) is 10.6 Å². The highest BCUT2D eigenvalue weighted by Crippen LogP contribution is 2.40. The number of hydrogen-bond donors (Lipinski definition) is 0. The Bertz CT molecular complexity index is 1660. The average molecular weight is 526 g/mol. The van der Waals surface area contributed by atoms with Crippen LogP contribution in [-0.4, -0.2) is 29.4 Å². The van der Waals surface area contributed by atoms with Gasteiger partial charge in [-0.2, -0.15) is 18.3 Å². The first-order chi connectivity index (χ1) is 17.1. The second-order valence-corrected chi connectivity index (χ2v) is 11.1. The largest absolute Gasteiger partial charge is 0.435 e. The Morgan fingerprint density at radius 3 is 2.33 bits per heavy atom. The molecule has 0 fully saturated rings.